The number of nitrogens with zero attached hydrogens (tertiary/aromatic N) is 3. The first kappa shape index (κ1) is 25.0. The predicted molar refractivity (Wildman–Crippen MR) is 142 cm³/mol. The Morgan fingerprint density at radius 3 is 2.11 bits per heavy atom. The lowest BCUT2D eigenvalue weighted by molar-refractivity contribution is 0.102. The van der Waals surface area contributed by atoms with E-state index < -0.39 is 15.9 Å². The summed E-state index contributed by atoms with van der Waals surface area (Å²) in [4.78, 5) is 26.1. The molecule has 0 aliphatic carbocycles. The molecule has 4 aromatic rings. The highest BCUT2D eigenvalue weighted by atomic mass is 32.2. The van der Waals surface area contributed by atoms with Crippen molar-refractivity contribution in [2.75, 3.05) is 15.9 Å². The molecule has 0 bridgehead atoms. The molecule has 4 rings (SSSR count). The third-order valence-corrected chi connectivity index (χ3v) is 7.20. The number of carbonyl (C=O) groups excluding carboxylic acids is 1. The van der Waals surface area contributed by atoms with Gasteiger partial charge in [-0.25, -0.2) is 13.1 Å². The van der Waals surface area contributed by atoms with Crippen LogP contribution in [0.25, 0.3) is 5.69 Å². The summed E-state index contributed by atoms with van der Waals surface area (Å²) in [6.07, 6.45) is 1.15. The van der Waals surface area contributed by atoms with E-state index in [9.17, 15) is 18.0 Å². The van der Waals surface area contributed by atoms with Crippen molar-refractivity contribution < 1.29 is 13.2 Å². The minimum Gasteiger partial charge on any atom is -0.316 e. The number of amides is 1. The Balaban J connectivity index is 1.58. The summed E-state index contributed by atoms with van der Waals surface area (Å²) < 4.78 is 29.5. The quantitative estimate of drug-likeness (QED) is 0.412. The third kappa shape index (κ3) is 5.11. The van der Waals surface area contributed by atoms with Gasteiger partial charge in [-0.15, -0.1) is 0 Å². The van der Waals surface area contributed by atoms with E-state index in [1.165, 1.54) is 8.99 Å². The molecule has 8 nitrogen and oxygen atoms in total. The number of hydrogen-bond acceptors (Lipinski definition) is 4. The van der Waals surface area contributed by atoms with E-state index in [0.29, 0.717) is 22.6 Å². The van der Waals surface area contributed by atoms with Crippen molar-refractivity contribution in [1.82, 2.24) is 9.36 Å². The molecule has 186 valence electrons. The van der Waals surface area contributed by atoms with Gasteiger partial charge >= 0.3 is 0 Å². The number of sulfonamides is 1. The molecular weight excluding hydrogens is 476 g/mol. The Labute approximate surface area is 210 Å². The summed E-state index contributed by atoms with van der Waals surface area (Å²) in [7, 11) is -1.81. The van der Waals surface area contributed by atoms with Crippen molar-refractivity contribution in [1.29, 1.82) is 0 Å². The Bertz CT molecular complexity index is 1550. The molecule has 0 saturated carbocycles. The maximum Gasteiger partial charge on any atom is 0.295 e. The monoisotopic (exact) mass is 504 g/mol. The van der Waals surface area contributed by atoms with Crippen LogP contribution in [0.4, 0.5) is 11.4 Å². The van der Waals surface area contributed by atoms with Gasteiger partial charge in [-0.2, -0.15) is 0 Å². The van der Waals surface area contributed by atoms with Gasteiger partial charge in [0.1, 0.15) is 5.69 Å². The Hall–Kier alpha value is -4.11. The Morgan fingerprint density at radius 2 is 1.53 bits per heavy atom. The van der Waals surface area contributed by atoms with Crippen molar-refractivity contribution in [2.24, 2.45) is 7.05 Å². The maximum absolute atomic E-state index is 13.1. The number of nitrogens with one attached hydrogen (secondary N) is 1. The lowest BCUT2D eigenvalue weighted by Crippen LogP contribution is -2.29. The predicted octanol–water partition coefficient (Wildman–Crippen LogP) is 4.01. The first-order chi connectivity index (χ1) is 17.1. The summed E-state index contributed by atoms with van der Waals surface area (Å²) >= 11 is 0. The summed E-state index contributed by atoms with van der Waals surface area (Å²) in [6.45, 7) is 3.90. The number of aryl methyl sites for hydroxylation is 1. The third-order valence-electron chi connectivity index (χ3n) is 6.06. The van der Waals surface area contributed by atoms with Crippen LogP contribution in [0.1, 0.15) is 27.2 Å². The van der Waals surface area contributed by atoms with Crippen LogP contribution in [-0.4, -0.2) is 29.9 Å². The molecule has 0 aliphatic rings. The van der Waals surface area contributed by atoms with Crippen LogP contribution < -0.4 is 15.2 Å². The summed E-state index contributed by atoms with van der Waals surface area (Å²) in [5, 5.41) is 2.72. The molecule has 9 heteroatoms. The number of aromatic nitrogens is 2. The zero-order valence-electron chi connectivity index (χ0n) is 20.6. The lowest BCUT2D eigenvalue weighted by Gasteiger charge is -2.23. The van der Waals surface area contributed by atoms with Crippen molar-refractivity contribution in [3.05, 3.63) is 112 Å². The van der Waals surface area contributed by atoms with E-state index in [2.05, 4.69) is 5.32 Å². The van der Waals surface area contributed by atoms with Gasteiger partial charge in [0.25, 0.3) is 11.5 Å². The molecule has 1 N–H and O–H groups in total. The van der Waals surface area contributed by atoms with E-state index in [1.54, 1.807) is 42.9 Å². The van der Waals surface area contributed by atoms with Crippen molar-refractivity contribution in [2.45, 2.75) is 20.4 Å². The highest BCUT2D eigenvalue weighted by Gasteiger charge is 2.21. The number of carbonyl (C=O) groups is 1. The van der Waals surface area contributed by atoms with Gasteiger partial charge in [-0.1, -0.05) is 48.0 Å². The first-order valence-electron chi connectivity index (χ1n) is 11.3. The van der Waals surface area contributed by atoms with Crippen LogP contribution in [0.2, 0.25) is 0 Å². The molecule has 0 aliphatic heterocycles. The standard InChI is InChI=1S/C27H28N4O4S/c1-19-10-12-21(13-11-19)18-30(36(4,34)35)23-16-14-22(15-17-23)26(32)28-25-20(2)29(3)31(27(25)33)24-8-6-5-7-9-24/h5-17H,18H2,1-4H3,(H,28,32). The zero-order chi connectivity index (χ0) is 26.0. The van der Waals surface area contributed by atoms with Crippen LogP contribution in [0.5, 0.6) is 0 Å². The second kappa shape index (κ2) is 9.87. The minimum absolute atomic E-state index is 0.174. The van der Waals surface area contributed by atoms with Crippen LogP contribution in [0, 0.1) is 13.8 Å². The van der Waals surface area contributed by atoms with Crippen molar-refractivity contribution in [3.63, 3.8) is 0 Å². The molecule has 1 amide bonds. The number of para-hydroxylation sites is 1. The number of hydrogen-bond donors (Lipinski definition) is 1. The van der Waals surface area contributed by atoms with Crippen LogP contribution >= 0.6 is 0 Å². The molecule has 0 saturated heterocycles. The number of anilines is 2. The van der Waals surface area contributed by atoms with Gasteiger partial charge in [0.2, 0.25) is 10.0 Å². The highest BCUT2D eigenvalue weighted by molar-refractivity contribution is 7.92. The molecule has 0 radical (unpaired) electrons. The normalized spacial score (nSPS) is 11.3. The molecule has 0 fully saturated rings. The van der Waals surface area contributed by atoms with Gasteiger partial charge < -0.3 is 5.32 Å². The fourth-order valence-electron chi connectivity index (χ4n) is 3.94. The second-order valence-electron chi connectivity index (χ2n) is 8.69. The highest BCUT2D eigenvalue weighted by Crippen LogP contribution is 2.22. The summed E-state index contributed by atoms with van der Waals surface area (Å²) in [5.41, 5.74) is 3.82. The zero-order valence-corrected chi connectivity index (χ0v) is 21.4. The fraction of sp³-hybridized carbons (Fsp3) is 0.185. The topological polar surface area (TPSA) is 93.4 Å². The van der Waals surface area contributed by atoms with E-state index in [1.807, 2.05) is 61.5 Å². The van der Waals surface area contributed by atoms with Gasteiger partial charge in [-0.3, -0.25) is 18.6 Å². The number of rotatable bonds is 7. The molecule has 0 spiro atoms. The second-order valence-corrected chi connectivity index (χ2v) is 10.6. The largest absolute Gasteiger partial charge is 0.316 e. The van der Waals surface area contributed by atoms with Crippen molar-refractivity contribution in [3.8, 4) is 5.69 Å². The lowest BCUT2D eigenvalue weighted by atomic mass is 10.1. The Kier molecular flexibility index (Phi) is 6.85. The summed E-state index contributed by atoms with van der Waals surface area (Å²) in [5.74, 6) is -0.461. The fourth-order valence-corrected chi connectivity index (χ4v) is 4.82. The molecule has 1 heterocycles. The van der Waals surface area contributed by atoms with Gasteiger partial charge in [-0.05, 0) is 55.8 Å². The minimum atomic E-state index is -3.56. The van der Waals surface area contributed by atoms with Gasteiger partial charge in [0.05, 0.1) is 29.9 Å². The summed E-state index contributed by atoms with van der Waals surface area (Å²) in [6, 6.07) is 23.1. The average Bonchev–Trinajstić information content (AvgIpc) is 3.06. The SMILES string of the molecule is Cc1ccc(CN(c2ccc(C(=O)Nc3c(C)n(C)n(-c4ccccc4)c3=O)cc2)S(C)(=O)=O)cc1. The molecule has 1 aromatic heterocycles. The van der Waals surface area contributed by atoms with Crippen molar-refractivity contribution >= 4 is 27.3 Å². The van der Waals surface area contributed by atoms with Crippen LogP contribution in [0.15, 0.2) is 83.7 Å². The molecule has 0 atom stereocenters. The average molecular weight is 505 g/mol. The van der Waals surface area contributed by atoms with E-state index >= 15 is 0 Å². The van der Waals surface area contributed by atoms with E-state index in [-0.39, 0.29) is 17.8 Å². The molecular formula is C27H28N4O4S. The van der Waals surface area contributed by atoms with E-state index in [4.69, 9.17) is 0 Å². The maximum atomic E-state index is 13.1. The van der Waals surface area contributed by atoms with E-state index in [0.717, 1.165) is 17.4 Å². The van der Waals surface area contributed by atoms with Gasteiger partial charge in [0.15, 0.2) is 0 Å². The number of benzene rings is 3. The molecule has 0 unspecified atom stereocenters. The van der Waals surface area contributed by atoms with Crippen LogP contribution in [-0.2, 0) is 23.6 Å². The smallest absolute Gasteiger partial charge is 0.295 e. The Morgan fingerprint density at radius 1 is 0.917 bits per heavy atom. The first-order valence-corrected chi connectivity index (χ1v) is 13.2. The molecule has 3 aromatic carbocycles. The van der Waals surface area contributed by atoms with Gasteiger partial charge in [0, 0.05) is 12.6 Å². The van der Waals surface area contributed by atoms with Crippen LogP contribution in [0.3, 0.4) is 0 Å². The molecule has 36 heavy (non-hydrogen) atoms.